The van der Waals surface area contributed by atoms with Crippen LogP contribution in [0.5, 0.6) is 0 Å². The molecule has 2 atom stereocenters. The lowest BCUT2D eigenvalue weighted by Crippen LogP contribution is -2.33. The van der Waals surface area contributed by atoms with Crippen molar-refractivity contribution in [2.75, 3.05) is 13.7 Å². The number of fused-ring (bicyclic) bond motifs is 1. The minimum atomic E-state index is 0.467. The normalized spacial score (nSPS) is 21.8. The maximum absolute atomic E-state index is 5.48. The summed E-state index contributed by atoms with van der Waals surface area (Å²) in [4.78, 5) is 0. The van der Waals surface area contributed by atoms with E-state index in [2.05, 4.69) is 18.3 Å². The van der Waals surface area contributed by atoms with Crippen molar-refractivity contribution < 1.29 is 9.15 Å². The van der Waals surface area contributed by atoms with E-state index in [0.717, 1.165) is 19.4 Å². The largest absolute Gasteiger partial charge is 0.469 e. The lowest BCUT2D eigenvalue weighted by atomic mass is 9.93. The van der Waals surface area contributed by atoms with Crippen LogP contribution in [0.15, 0.2) is 16.7 Å². The van der Waals surface area contributed by atoms with E-state index in [1.165, 1.54) is 24.2 Å². The lowest BCUT2D eigenvalue weighted by molar-refractivity contribution is 0.181. The van der Waals surface area contributed by atoms with Gasteiger partial charge in [-0.25, -0.2) is 0 Å². The molecule has 0 spiro atoms. The number of nitrogens with one attached hydrogen (secondary N) is 1. The molecule has 2 rings (SSSR count). The predicted octanol–water partition coefficient (Wildman–Crippen LogP) is 2.67. The summed E-state index contributed by atoms with van der Waals surface area (Å²) < 4.78 is 10.6. The molecule has 0 aliphatic heterocycles. The molecule has 2 unspecified atom stereocenters. The van der Waals surface area contributed by atoms with Crippen LogP contribution in [0.25, 0.3) is 0 Å². The molecule has 3 heteroatoms. The Morgan fingerprint density at radius 3 is 3.31 bits per heavy atom. The first kappa shape index (κ1) is 11.7. The van der Waals surface area contributed by atoms with Crippen LogP contribution in [0, 0.1) is 0 Å². The van der Waals surface area contributed by atoms with E-state index < -0.39 is 0 Å². The van der Waals surface area contributed by atoms with Crippen molar-refractivity contribution in [3.8, 4) is 0 Å². The van der Waals surface area contributed by atoms with Crippen LogP contribution in [0.1, 0.15) is 43.6 Å². The highest BCUT2D eigenvalue weighted by atomic mass is 16.5. The van der Waals surface area contributed by atoms with Crippen molar-refractivity contribution >= 4 is 0 Å². The molecule has 1 aliphatic rings. The summed E-state index contributed by atoms with van der Waals surface area (Å²) in [5, 5.41) is 3.66. The lowest BCUT2D eigenvalue weighted by Gasteiger charge is -2.26. The third-order valence-electron chi connectivity index (χ3n) is 3.29. The van der Waals surface area contributed by atoms with Crippen molar-refractivity contribution in [2.45, 2.75) is 44.7 Å². The van der Waals surface area contributed by atoms with E-state index in [1.54, 1.807) is 7.11 Å². The minimum absolute atomic E-state index is 0.467. The zero-order valence-electron chi connectivity index (χ0n) is 10.2. The zero-order chi connectivity index (χ0) is 11.4. The average Bonchev–Trinajstić information content (AvgIpc) is 2.75. The smallest absolute Gasteiger partial charge is 0.108 e. The van der Waals surface area contributed by atoms with Gasteiger partial charge in [-0.2, -0.15) is 0 Å². The molecule has 0 saturated heterocycles. The Morgan fingerprint density at radius 2 is 2.50 bits per heavy atom. The van der Waals surface area contributed by atoms with Crippen molar-refractivity contribution in [1.29, 1.82) is 0 Å². The third kappa shape index (κ3) is 2.66. The maximum Gasteiger partial charge on any atom is 0.108 e. The molecule has 1 aromatic rings. The molecule has 1 N–H and O–H groups in total. The number of ether oxygens (including phenoxy) is 1. The van der Waals surface area contributed by atoms with Crippen molar-refractivity contribution in [3.63, 3.8) is 0 Å². The van der Waals surface area contributed by atoms with Crippen LogP contribution in [0.4, 0.5) is 0 Å². The fourth-order valence-corrected chi connectivity index (χ4v) is 2.38. The molecule has 0 radical (unpaired) electrons. The van der Waals surface area contributed by atoms with Crippen LogP contribution in [-0.4, -0.2) is 19.8 Å². The number of methoxy groups -OCH3 is 1. The summed E-state index contributed by atoms with van der Waals surface area (Å²) >= 11 is 0. The quantitative estimate of drug-likeness (QED) is 0.833. The van der Waals surface area contributed by atoms with Crippen molar-refractivity contribution in [3.05, 3.63) is 23.7 Å². The van der Waals surface area contributed by atoms with Crippen LogP contribution in [0.3, 0.4) is 0 Å². The predicted molar refractivity (Wildman–Crippen MR) is 63.5 cm³/mol. The molecule has 90 valence electrons. The van der Waals surface area contributed by atoms with Gasteiger partial charge in [0.25, 0.3) is 0 Å². The number of hydrogen-bond donors (Lipinski definition) is 1. The van der Waals surface area contributed by atoms with Gasteiger partial charge in [0.2, 0.25) is 0 Å². The van der Waals surface area contributed by atoms with Gasteiger partial charge >= 0.3 is 0 Å². The minimum Gasteiger partial charge on any atom is -0.469 e. The molecule has 1 heterocycles. The van der Waals surface area contributed by atoms with Gasteiger partial charge in [0, 0.05) is 37.8 Å². The van der Waals surface area contributed by atoms with E-state index in [-0.39, 0.29) is 0 Å². The summed E-state index contributed by atoms with van der Waals surface area (Å²) in [6.07, 6.45) is 6.39. The van der Waals surface area contributed by atoms with Crippen LogP contribution < -0.4 is 5.32 Å². The Bertz CT molecular complexity index is 321. The molecule has 1 aliphatic carbocycles. The summed E-state index contributed by atoms with van der Waals surface area (Å²) in [7, 11) is 1.75. The van der Waals surface area contributed by atoms with E-state index in [0.29, 0.717) is 12.1 Å². The summed E-state index contributed by atoms with van der Waals surface area (Å²) in [5.41, 5.74) is 1.36. The molecule has 0 saturated carbocycles. The van der Waals surface area contributed by atoms with Crippen LogP contribution in [0.2, 0.25) is 0 Å². The van der Waals surface area contributed by atoms with E-state index in [9.17, 15) is 0 Å². The number of rotatable bonds is 5. The first-order chi connectivity index (χ1) is 7.81. The first-order valence-corrected chi connectivity index (χ1v) is 6.12. The molecule has 1 aromatic heterocycles. The summed E-state index contributed by atoms with van der Waals surface area (Å²) in [6.45, 7) is 3.03. The fraction of sp³-hybridized carbons (Fsp3) is 0.692. The van der Waals surface area contributed by atoms with Gasteiger partial charge < -0.3 is 14.5 Å². The summed E-state index contributed by atoms with van der Waals surface area (Å²) in [5.74, 6) is 1.17. The van der Waals surface area contributed by atoms with Gasteiger partial charge in [-0.3, -0.25) is 0 Å². The van der Waals surface area contributed by atoms with Crippen molar-refractivity contribution in [2.24, 2.45) is 0 Å². The molecule has 3 nitrogen and oxygen atoms in total. The second-order valence-electron chi connectivity index (χ2n) is 4.59. The molecule has 0 fully saturated rings. The molecule has 16 heavy (non-hydrogen) atoms. The fourth-order valence-electron chi connectivity index (χ4n) is 2.38. The van der Waals surface area contributed by atoms with Gasteiger partial charge in [-0.15, -0.1) is 0 Å². The van der Waals surface area contributed by atoms with E-state index in [4.69, 9.17) is 9.15 Å². The maximum atomic E-state index is 5.48. The monoisotopic (exact) mass is 223 g/mol. The van der Waals surface area contributed by atoms with Gasteiger partial charge in [-0.05, 0) is 32.3 Å². The van der Waals surface area contributed by atoms with Crippen LogP contribution >= 0.6 is 0 Å². The number of aryl methyl sites for hydroxylation is 1. The van der Waals surface area contributed by atoms with Gasteiger partial charge in [0.05, 0.1) is 6.26 Å². The Labute approximate surface area is 97.2 Å². The Hall–Kier alpha value is -0.800. The Morgan fingerprint density at radius 1 is 1.62 bits per heavy atom. The average molecular weight is 223 g/mol. The highest BCUT2D eigenvalue weighted by Crippen LogP contribution is 2.30. The third-order valence-corrected chi connectivity index (χ3v) is 3.29. The zero-order valence-corrected chi connectivity index (χ0v) is 10.2. The standard InChI is InChI=1S/C13H21NO2/c1-10(6-8-15-2)14-12-4-3-5-13-11(12)7-9-16-13/h7,9-10,12,14H,3-6,8H2,1-2H3. The highest BCUT2D eigenvalue weighted by Gasteiger charge is 2.23. The molecule has 0 amide bonds. The van der Waals surface area contributed by atoms with Gasteiger partial charge in [0.1, 0.15) is 5.76 Å². The van der Waals surface area contributed by atoms with E-state index in [1.807, 2.05) is 6.26 Å². The highest BCUT2D eigenvalue weighted by molar-refractivity contribution is 5.24. The number of furan rings is 1. The van der Waals surface area contributed by atoms with Gasteiger partial charge in [-0.1, -0.05) is 0 Å². The summed E-state index contributed by atoms with van der Waals surface area (Å²) in [6, 6.07) is 3.06. The molecule has 0 aromatic carbocycles. The van der Waals surface area contributed by atoms with Gasteiger partial charge in [0.15, 0.2) is 0 Å². The first-order valence-electron chi connectivity index (χ1n) is 6.12. The molecular formula is C13H21NO2. The SMILES string of the molecule is COCCC(C)NC1CCCc2occc21. The van der Waals surface area contributed by atoms with E-state index >= 15 is 0 Å². The van der Waals surface area contributed by atoms with Crippen LogP contribution in [-0.2, 0) is 11.2 Å². The van der Waals surface area contributed by atoms with Crippen molar-refractivity contribution in [1.82, 2.24) is 5.32 Å². The molecule has 0 bridgehead atoms. The molecular weight excluding hydrogens is 202 g/mol. The topological polar surface area (TPSA) is 34.4 Å². The number of hydrogen-bond acceptors (Lipinski definition) is 3. The Balaban J connectivity index is 1.92. The second-order valence-corrected chi connectivity index (χ2v) is 4.59. The Kier molecular flexibility index (Phi) is 4.02. The second kappa shape index (κ2) is 5.51.